The van der Waals surface area contributed by atoms with Gasteiger partial charge in [0.25, 0.3) is 10.2 Å². The second kappa shape index (κ2) is 5.72. The van der Waals surface area contributed by atoms with Gasteiger partial charge >= 0.3 is 6.18 Å². The predicted octanol–water partition coefficient (Wildman–Crippen LogP) is 0.668. The predicted molar refractivity (Wildman–Crippen MR) is 59.0 cm³/mol. The standard InChI is InChI=1S/C9H17F3N2O3S/c10-9(11,12)6-13-18(16,17)14-8(7-15)4-2-1-3-5-8/h13-15H,1-7H2. The number of hydrogen-bond donors (Lipinski definition) is 3. The van der Waals surface area contributed by atoms with E-state index in [9.17, 15) is 26.7 Å². The third kappa shape index (κ3) is 5.09. The molecule has 18 heavy (non-hydrogen) atoms. The normalized spacial score (nSPS) is 20.9. The zero-order chi connectivity index (χ0) is 13.9. The van der Waals surface area contributed by atoms with E-state index in [-0.39, 0.29) is 0 Å². The molecule has 0 atom stereocenters. The minimum atomic E-state index is -4.60. The summed E-state index contributed by atoms with van der Waals surface area (Å²) in [6.07, 6.45) is -1.34. The fraction of sp³-hybridized carbons (Fsp3) is 1.00. The summed E-state index contributed by atoms with van der Waals surface area (Å²) in [7, 11) is -4.26. The van der Waals surface area contributed by atoms with Gasteiger partial charge < -0.3 is 5.11 Å². The summed E-state index contributed by atoms with van der Waals surface area (Å²) in [5, 5.41) is 9.26. The Balaban J connectivity index is 2.62. The van der Waals surface area contributed by atoms with Crippen LogP contribution in [0.3, 0.4) is 0 Å². The molecule has 3 N–H and O–H groups in total. The monoisotopic (exact) mass is 290 g/mol. The minimum absolute atomic E-state index is 0.417. The van der Waals surface area contributed by atoms with E-state index in [1.165, 1.54) is 4.72 Å². The first-order chi connectivity index (χ1) is 8.18. The first-order valence-corrected chi connectivity index (χ1v) is 7.13. The van der Waals surface area contributed by atoms with Crippen molar-refractivity contribution in [2.45, 2.75) is 43.8 Å². The highest BCUT2D eigenvalue weighted by Crippen LogP contribution is 2.28. The highest BCUT2D eigenvalue weighted by molar-refractivity contribution is 7.87. The lowest BCUT2D eigenvalue weighted by molar-refractivity contribution is -0.121. The van der Waals surface area contributed by atoms with Crippen LogP contribution >= 0.6 is 0 Å². The van der Waals surface area contributed by atoms with E-state index in [1.54, 1.807) is 0 Å². The summed E-state index contributed by atoms with van der Waals surface area (Å²) in [4.78, 5) is 0. The number of nitrogens with one attached hydrogen (secondary N) is 2. The molecule has 0 heterocycles. The Hall–Kier alpha value is -0.380. The van der Waals surface area contributed by atoms with Crippen molar-refractivity contribution >= 4 is 10.2 Å². The molecule has 9 heteroatoms. The van der Waals surface area contributed by atoms with E-state index < -0.39 is 35.1 Å². The molecule has 1 rings (SSSR count). The molecular weight excluding hydrogens is 273 g/mol. The summed E-state index contributed by atoms with van der Waals surface area (Å²) >= 11 is 0. The Labute approximate surface area is 104 Å². The number of rotatable bonds is 5. The van der Waals surface area contributed by atoms with Crippen molar-refractivity contribution in [2.75, 3.05) is 13.2 Å². The topological polar surface area (TPSA) is 78.4 Å². The molecule has 1 aliphatic rings. The van der Waals surface area contributed by atoms with E-state index in [2.05, 4.69) is 4.72 Å². The Morgan fingerprint density at radius 1 is 1.17 bits per heavy atom. The molecule has 0 spiro atoms. The lowest BCUT2D eigenvalue weighted by Crippen LogP contribution is -2.56. The number of hydrogen-bond acceptors (Lipinski definition) is 3. The molecule has 0 unspecified atom stereocenters. The van der Waals surface area contributed by atoms with Gasteiger partial charge in [0.2, 0.25) is 0 Å². The van der Waals surface area contributed by atoms with Crippen molar-refractivity contribution in [1.82, 2.24) is 9.44 Å². The summed E-state index contributed by atoms with van der Waals surface area (Å²) < 4.78 is 62.3. The van der Waals surface area contributed by atoms with Crippen LogP contribution in [0.5, 0.6) is 0 Å². The van der Waals surface area contributed by atoms with Gasteiger partial charge in [-0.15, -0.1) is 0 Å². The molecule has 1 fully saturated rings. The molecule has 0 aliphatic heterocycles. The maximum atomic E-state index is 11.9. The maximum Gasteiger partial charge on any atom is 0.402 e. The van der Waals surface area contributed by atoms with E-state index in [4.69, 9.17) is 0 Å². The van der Waals surface area contributed by atoms with Gasteiger partial charge in [-0.3, -0.25) is 0 Å². The van der Waals surface area contributed by atoms with Gasteiger partial charge in [0.05, 0.1) is 12.1 Å². The van der Waals surface area contributed by atoms with Crippen molar-refractivity contribution in [3.63, 3.8) is 0 Å². The number of alkyl halides is 3. The molecule has 0 aromatic heterocycles. The fourth-order valence-corrected chi connectivity index (χ4v) is 3.28. The maximum absolute atomic E-state index is 11.9. The van der Waals surface area contributed by atoms with Gasteiger partial charge in [-0.05, 0) is 12.8 Å². The molecule has 1 saturated carbocycles. The van der Waals surface area contributed by atoms with Crippen LogP contribution in [0.2, 0.25) is 0 Å². The zero-order valence-electron chi connectivity index (χ0n) is 9.76. The van der Waals surface area contributed by atoms with E-state index in [0.29, 0.717) is 12.8 Å². The summed E-state index contributed by atoms with van der Waals surface area (Å²) in [5.41, 5.74) is -1.03. The highest BCUT2D eigenvalue weighted by Gasteiger charge is 2.37. The van der Waals surface area contributed by atoms with Gasteiger partial charge in [0, 0.05) is 0 Å². The fourth-order valence-electron chi connectivity index (χ4n) is 2.02. The molecule has 0 amide bonds. The summed E-state index contributed by atoms with van der Waals surface area (Å²) in [5.74, 6) is 0. The Morgan fingerprint density at radius 3 is 2.17 bits per heavy atom. The first-order valence-electron chi connectivity index (χ1n) is 5.64. The van der Waals surface area contributed by atoms with Crippen LogP contribution in [0.25, 0.3) is 0 Å². The van der Waals surface area contributed by atoms with Crippen LogP contribution in [-0.4, -0.2) is 38.4 Å². The molecule has 5 nitrogen and oxygen atoms in total. The van der Waals surface area contributed by atoms with Crippen LogP contribution in [0.4, 0.5) is 13.2 Å². The van der Waals surface area contributed by atoms with Gasteiger partial charge in [-0.25, -0.2) is 0 Å². The lowest BCUT2D eigenvalue weighted by Gasteiger charge is -2.35. The molecule has 108 valence electrons. The molecule has 0 aromatic carbocycles. The minimum Gasteiger partial charge on any atom is -0.394 e. The lowest BCUT2D eigenvalue weighted by atomic mass is 9.83. The van der Waals surface area contributed by atoms with Crippen molar-refractivity contribution in [1.29, 1.82) is 0 Å². The second-order valence-electron chi connectivity index (χ2n) is 4.54. The average molecular weight is 290 g/mol. The smallest absolute Gasteiger partial charge is 0.394 e. The number of aliphatic hydroxyl groups is 1. The van der Waals surface area contributed by atoms with Gasteiger partial charge in [0.15, 0.2) is 0 Å². The van der Waals surface area contributed by atoms with Crippen molar-refractivity contribution in [3.05, 3.63) is 0 Å². The average Bonchev–Trinajstić information content (AvgIpc) is 2.27. The van der Waals surface area contributed by atoms with Crippen LogP contribution in [0, 0.1) is 0 Å². The molecule has 0 saturated heterocycles. The van der Waals surface area contributed by atoms with E-state index in [0.717, 1.165) is 19.3 Å². The number of halogens is 3. The van der Waals surface area contributed by atoms with Gasteiger partial charge in [-0.2, -0.15) is 31.0 Å². The number of aliphatic hydroxyl groups excluding tert-OH is 1. The van der Waals surface area contributed by atoms with Crippen LogP contribution in [0.1, 0.15) is 32.1 Å². The highest BCUT2D eigenvalue weighted by atomic mass is 32.2. The zero-order valence-corrected chi connectivity index (χ0v) is 10.6. The largest absolute Gasteiger partial charge is 0.402 e. The van der Waals surface area contributed by atoms with Crippen LogP contribution in [-0.2, 0) is 10.2 Å². The Bertz CT molecular complexity index is 364. The molecule has 0 bridgehead atoms. The van der Waals surface area contributed by atoms with E-state index in [1.807, 2.05) is 0 Å². The Kier molecular flexibility index (Phi) is 4.98. The van der Waals surface area contributed by atoms with Gasteiger partial charge in [-0.1, -0.05) is 19.3 Å². The third-order valence-electron chi connectivity index (χ3n) is 2.93. The van der Waals surface area contributed by atoms with Crippen molar-refractivity contribution < 1.29 is 26.7 Å². The quantitative estimate of drug-likeness (QED) is 0.696. The molecule has 1 aliphatic carbocycles. The van der Waals surface area contributed by atoms with E-state index >= 15 is 0 Å². The van der Waals surface area contributed by atoms with Crippen LogP contribution < -0.4 is 9.44 Å². The van der Waals surface area contributed by atoms with Crippen molar-refractivity contribution in [3.8, 4) is 0 Å². The Morgan fingerprint density at radius 2 is 1.72 bits per heavy atom. The van der Waals surface area contributed by atoms with Gasteiger partial charge in [0.1, 0.15) is 6.54 Å². The molecule has 0 aromatic rings. The molecule has 0 radical (unpaired) electrons. The second-order valence-corrected chi connectivity index (χ2v) is 6.04. The SMILES string of the molecule is O=S(=O)(NCC(F)(F)F)NC1(CO)CCCCC1. The third-order valence-corrected chi connectivity index (χ3v) is 4.15. The molecular formula is C9H17F3N2O3S. The summed E-state index contributed by atoms with van der Waals surface area (Å²) in [6.45, 7) is -2.04. The van der Waals surface area contributed by atoms with Crippen LogP contribution in [0.15, 0.2) is 0 Å². The first kappa shape index (κ1) is 15.7. The van der Waals surface area contributed by atoms with Crippen molar-refractivity contribution in [2.24, 2.45) is 0 Å². The summed E-state index contributed by atoms with van der Waals surface area (Å²) in [6, 6.07) is 0.